The Labute approximate surface area is 126 Å². The highest BCUT2D eigenvalue weighted by molar-refractivity contribution is 7.80. The molecule has 0 atom stereocenters. The molecule has 2 aromatic rings. The van der Waals surface area contributed by atoms with Gasteiger partial charge in [-0.15, -0.1) is 5.10 Å². The summed E-state index contributed by atoms with van der Waals surface area (Å²) in [6.07, 6.45) is 0.691. The minimum Gasteiger partial charge on any atom is -0.389 e. The van der Waals surface area contributed by atoms with Gasteiger partial charge in [-0.2, -0.15) is 0 Å². The molecular formula is C13H14N4OS2. The first-order valence-electron chi connectivity index (χ1n) is 6.10. The minimum atomic E-state index is -0.155. The number of benzene rings is 1. The summed E-state index contributed by atoms with van der Waals surface area (Å²) in [5.41, 5.74) is 8.04. The Balaban J connectivity index is 2.03. The van der Waals surface area contributed by atoms with E-state index < -0.39 is 0 Å². The Morgan fingerprint density at radius 2 is 2.30 bits per heavy atom. The van der Waals surface area contributed by atoms with E-state index >= 15 is 0 Å². The fraction of sp³-hybridized carbons (Fsp3) is 0.231. The number of aromatic nitrogens is 2. The van der Waals surface area contributed by atoms with Crippen LogP contribution in [-0.2, 0) is 13.0 Å². The molecule has 1 heterocycles. The predicted molar refractivity (Wildman–Crippen MR) is 82.8 cm³/mol. The first-order valence-corrected chi connectivity index (χ1v) is 7.28. The largest absolute Gasteiger partial charge is 0.389 e. The van der Waals surface area contributed by atoms with Gasteiger partial charge in [0.05, 0.1) is 5.69 Å². The Kier molecular flexibility index (Phi) is 4.75. The average Bonchev–Trinajstić information content (AvgIpc) is 2.93. The molecule has 0 saturated carbocycles. The van der Waals surface area contributed by atoms with Crippen molar-refractivity contribution in [3.05, 3.63) is 46.0 Å². The van der Waals surface area contributed by atoms with Crippen molar-refractivity contribution in [2.24, 2.45) is 5.73 Å². The van der Waals surface area contributed by atoms with Crippen molar-refractivity contribution in [3.63, 3.8) is 0 Å². The second kappa shape index (κ2) is 6.53. The second-order valence-corrected chi connectivity index (χ2v) is 5.34. The summed E-state index contributed by atoms with van der Waals surface area (Å²) in [7, 11) is 0. The summed E-state index contributed by atoms with van der Waals surface area (Å²) in [6.45, 7) is 2.36. The number of nitrogens with zero attached hydrogens (tertiary/aromatic N) is 2. The van der Waals surface area contributed by atoms with E-state index in [1.807, 2.05) is 31.2 Å². The van der Waals surface area contributed by atoms with Crippen LogP contribution in [0.15, 0.2) is 24.3 Å². The molecule has 0 unspecified atom stereocenters. The smallest absolute Gasteiger partial charge is 0.265 e. The van der Waals surface area contributed by atoms with E-state index in [1.165, 1.54) is 0 Å². The Morgan fingerprint density at radius 3 is 3.00 bits per heavy atom. The van der Waals surface area contributed by atoms with Crippen LogP contribution in [-0.4, -0.2) is 20.5 Å². The second-order valence-electron chi connectivity index (χ2n) is 4.15. The maximum Gasteiger partial charge on any atom is 0.265 e. The summed E-state index contributed by atoms with van der Waals surface area (Å²) in [5, 5.41) is 6.77. The van der Waals surface area contributed by atoms with Crippen LogP contribution in [0.2, 0.25) is 0 Å². The van der Waals surface area contributed by atoms with Gasteiger partial charge in [0, 0.05) is 12.1 Å². The van der Waals surface area contributed by atoms with Crippen molar-refractivity contribution in [2.45, 2.75) is 19.9 Å². The van der Waals surface area contributed by atoms with E-state index in [4.69, 9.17) is 18.0 Å². The number of amides is 1. The number of aryl methyl sites for hydroxylation is 1. The van der Waals surface area contributed by atoms with Gasteiger partial charge >= 0.3 is 0 Å². The van der Waals surface area contributed by atoms with Gasteiger partial charge in [-0.1, -0.05) is 41.8 Å². The zero-order valence-corrected chi connectivity index (χ0v) is 12.6. The van der Waals surface area contributed by atoms with Gasteiger partial charge in [-0.05, 0) is 29.6 Å². The SMILES string of the molecule is CCc1nnsc1C(=O)NCc1cccc(C(N)=S)c1. The molecule has 0 aliphatic heterocycles. The van der Waals surface area contributed by atoms with Crippen LogP contribution in [0, 0.1) is 0 Å². The molecule has 1 aromatic carbocycles. The number of nitrogens with one attached hydrogen (secondary N) is 1. The Morgan fingerprint density at radius 1 is 1.50 bits per heavy atom. The predicted octanol–water partition coefficient (Wildman–Crippen LogP) is 1.66. The Hall–Kier alpha value is -1.86. The quantitative estimate of drug-likeness (QED) is 0.821. The van der Waals surface area contributed by atoms with Crippen molar-refractivity contribution >= 4 is 34.6 Å². The highest BCUT2D eigenvalue weighted by Crippen LogP contribution is 2.11. The standard InChI is InChI=1S/C13H14N4OS2/c1-2-10-11(20-17-16-10)13(18)15-7-8-4-3-5-9(6-8)12(14)19/h3-6H,2,7H2,1H3,(H2,14,19)(H,15,18). The van der Waals surface area contributed by atoms with Crippen LogP contribution >= 0.6 is 23.8 Å². The molecule has 0 spiro atoms. The number of hydrogen-bond donors (Lipinski definition) is 2. The van der Waals surface area contributed by atoms with Crippen molar-refractivity contribution < 1.29 is 4.79 Å². The van der Waals surface area contributed by atoms with Crippen LogP contribution in [0.4, 0.5) is 0 Å². The molecule has 1 aromatic heterocycles. The molecule has 3 N–H and O–H groups in total. The van der Waals surface area contributed by atoms with Crippen LogP contribution in [0.5, 0.6) is 0 Å². The number of carbonyl (C=O) groups excluding carboxylic acids is 1. The molecular weight excluding hydrogens is 292 g/mol. The zero-order chi connectivity index (χ0) is 14.5. The molecule has 0 bridgehead atoms. The van der Waals surface area contributed by atoms with Crippen LogP contribution in [0.25, 0.3) is 0 Å². The van der Waals surface area contributed by atoms with Crippen molar-refractivity contribution in [1.29, 1.82) is 0 Å². The fourth-order valence-corrected chi connectivity index (χ4v) is 2.50. The molecule has 0 aliphatic rings. The van der Waals surface area contributed by atoms with Gasteiger partial charge in [-0.3, -0.25) is 4.79 Å². The fourth-order valence-electron chi connectivity index (χ4n) is 1.71. The molecule has 0 radical (unpaired) electrons. The average molecular weight is 306 g/mol. The van der Waals surface area contributed by atoms with E-state index in [1.54, 1.807) is 0 Å². The topological polar surface area (TPSA) is 80.9 Å². The lowest BCUT2D eigenvalue weighted by molar-refractivity contribution is 0.0954. The lowest BCUT2D eigenvalue weighted by atomic mass is 10.1. The molecule has 104 valence electrons. The highest BCUT2D eigenvalue weighted by Gasteiger charge is 2.14. The van der Waals surface area contributed by atoms with Gasteiger partial charge in [0.15, 0.2) is 0 Å². The van der Waals surface area contributed by atoms with Crippen LogP contribution in [0.3, 0.4) is 0 Å². The number of nitrogens with two attached hydrogens (primary N) is 1. The molecule has 7 heteroatoms. The maximum absolute atomic E-state index is 12.0. The monoisotopic (exact) mass is 306 g/mol. The first-order chi connectivity index (χ1) is 9.61. The molecule has 2 rings (SSSR count). The molecule has 5 nitrogen and oxygen atoms in total. The van der Waals surface area contributed by atoms with Gasteiger partial charge in [-0.25, -0.2) is 0 Å². The van der Waals surface area contributed by atoms with E-state index in [2.05, 4.69) is 14.9 Å². The third-order valence-corrected chi connectivity index (χ3v) is 3.76. The summed E-state index contributed by atoms with van der Waals surface area (Å²) < 4.78 is 3.80. The number of carbonyl (C=O) groups is 1. The van der Waals surface area contributed by atoms with Gasteiger partial charge in [0.25, 0.3) is 5.91 Å². The molecule has 20 heavy (non-hydrogen) atoms. The van der Waals surface area contributed by atoms with Crippen LogP contribution < -0.4 is 11.1 Å². The zero-order valence-electron chi connectivity index (χ0n) is 10.9. The van der Waals surface area contributed by atoms with Crippen molar-refractivity contribution in [3.8, 4) is 0 Å². The van der Waals surface area contributed by atoms with Gasteiger partial charge < -0.3 is 11.1 Å². The maximum atomic E-state index is 12.0. The third kappa shape index (κ3) is 3.37. The van der Waals surface area contributed by atoms with Gasteiger partial charge in [0.2, 0.25) is 0 Å². The van der Waals surface area contributed by atoms with E-state index in [9.17, 15) is 4.79 Å². The highest BCUT2D eigenvalue weighted by atomic mass is 32.1. The lowest BCUT2D eigenvalue weighted by Gasteiger charge is -2.06. The number of hydrogen-bond acceptors (Lipinski definition) is 5. The summed E-state index contributed by atoms with van der Waals surface area (Å²) in [4.78, 5) is 13.0. The number of thiocarbonyl (C=S) groups is 1. The minimum absolute atomic E-state index is 0.155. The molecule has 0 aliphatic carbocycles. The number of rotatable bonds is 5. The van der Waals surface area contributed by atoms with Crippen LogP contribution in [0.1, 0.15) is 33.4 Å². The lowest BCUT2D eigenvalue weighted by Crippen LogP contribution is -2.23. The molecule has 1 amide bonds. The van der Waals surface area contributed by atoms with Gasteiger partial charge in [0.1, 0.15) is 9.87 Å². The van der Waals surface area contributed by atoms with E-state index in [0.717, 1.165) is 28.4 Å². The summed E-state index contributed by atoms with van der Waals surface area (Å²) in [5.74, 6) is -0.155. The van der Waals surface area contributed by atoms with E-state index in [0.29, 0.717) is 22.8 Å². The van der Waals surface area contributed by atoms with Crippen molar-refractivity contribution in [1.82, 2.24) is 14.9 Å². The first kappa shape index (κ1) is 14.5. The van der Waals surface area contributed by atoms with E-state index in [-0.39, 0.29) is 5.91 Å². The summed E-state index contributed by atoms with van der Waals surface area (Å²) >= 11 is 6.04. The third-order valence-electron chi connectivity index (χ3n) is 2.76. The molecule has 0 fully saturated rings. The molecule has 0 saturated heterocycles. The normalized spacial score (nSPS) is 10.2. The Bertz CT molecular complexity index is 639. The summed E-state index contributed by atoms with van der Waals surface area (Å²) in [6, 6.07) is 7.49. The van der Waals surface area contributed by atoms with Crippen molar-refractivity contribution in [2.75, 3.05) is 0 Å².